The third-order valence-corrected chi connectivity index (χ3v) is 7.54. The summed E-state index contributed by atoms with van der Waals surface area (Å²) in [6, 6.07) is 10.00. The molecular weight excluding hydrogens is 404 g/mol. The van der Waals surface area contributed by atoms with Crippen LogP contribution in [0, 0.1) is 0 Å². The van der Waals surface area contributed by atoms with E-state index >= 15 is 0 Å². The molecule has 0 radical (unpaired) electrons. The summed E-state index contributed by atoms with van der Waals surface area (Å²) in [5, 5.41) is 5.82. The van der Waals surface area contributed by atoms with Gasteiger partial charge in [0.05, 0.1) is 9.21 Å². The van der Waals surface area contributed by atoms with E-state index in [1.54, 1.807) is 18.2 Å². The first-order valence-corrected chi connectivity index (χ1v) is 10.7. The average Bonchev–Trinajstić information content (AvgIpc) is 3.34. The van der Waals surface area contributed by atoms with Gasteiger partial charge in [-0.25, -0.2) is 8.42 Å². The van der Waals surface area contributed by atoms with E-state index in [0.717, 1.165) is 16.2 Å². The lowest BCUT2D eigenvalue weighted by atomic mass is 10.4. The van der Waals surface area contributed by atoms with Gasteiger partial charge in [0.1, 0.15) is 15.7 Å². The second-order valence-electron chi connectivity index (χ2n) is 4.98. The zero-order chi connectivity index (χ0) is 17.4. The molecule has 10 heteroatoms. The Morgan fingerprint density at radius 1 is 1.16 bits per heavy atom. The van der Waals surface area contributed by atoms with Crippen molar-refractivity contribution in [3.8, 4) is 22.4 Å². The highest BCUT2D eigenvalue weighted by Crippen LogP contribution is 2.30. The summed E-state index contributed by atoms with van der Waals surface area (Å²) in [6.45, 7) is 0. The van der Waals surface area contributed by atoms with Gasteiger partial charge in [0, 0.05) is 0 Å². The SMILES string of the molecule is O=S(=O)(Cc1ccc(-c2nc(-c3cccs3)no2)o1)c1ccc(Cl)s1. The molecule has 0 unspecified atom stereocenters. The number of aromatic nitrogens is 2. The fourth-order valence-corrected chi connectivity index (χ4v) is 5.59. The Hall–Kier alpha value is -1.94. The third-order valence-electron chi connectivity index (χ3n) is 3.23. The summed E-state index contributed by atoms with van der Waals surface area (Å²) in [5.74, 6) is 1.01. The van der Waals surface area contributed by atoms with Gasteiger partial charge < -0.3 is 8.94 Å². The van der Waals surface area contributed by atoms with Gasteiger partial charge in [-0.2, -0.15) is 4.98 Å². The van der Waals surface area contributed by atoms with Crippen molar-refractivity contribution in [3.05, 3.63) is 51.9 Å². The largest absolute Gasteiger partial charge is 0.455 e. The van der Waals surface area contributed by atoms with Crippen LogP contribution in [0.4, 0.5) is 0 Å². The minimum Gasteiger partial charge on any atom is -0.455 e. The van der Waals surface area contributed by atoms with Crippen molar-refractivity contribution in [3.63, 3.8) is 0 Å². The second-order valence-corrected chi connectivity index (χ2v) is 9.86. The molecule has 0 bridgehead atoms. The van der Waals surface area contributed by atoms with E-state index < -0.39 is 9.84 Å². The van der Waals surface area contributed by atoms with Crippen molar-refractivity contribution in [2.45, 2.75) is 9.96 Å². The summed E-state index contributed by atoms with van der Waals surface area (Å²) in [6.07, 6.45) is 0. The third kappa shape index (κ3) is 3.40. The molecule has 0 aliphatic rings. The van der Waals surface area contributed by atoms with Crippen LogP contribution in [0.5, 0.6) is 0 Å². The van der Waals surface area contributed by atoms with Crippen LogP contribution in [0.25, 0.3) is 22.4 Å². The van der Waals surface area contributed by atoms with E-state index in [2.05, 4.69) is 10.1 Å². The van der Waals surface area contributed by atoms with Crippen molar-refractivity contribution in [2.75, 3.05) is 0 Å². The Morgan fingerprint density at radius 3 is 2.76 bits per heavy atom. The molecule has 4 rings (SSSR count). The molecule has 4 heterocycles. The van der Waals surface area contributed by atoms with Crippen molar-refractivity contribution >= 4 is 44.1 Å². The molecular formula is C15H9ClN2O4S3. The highest BCUT2D eigenvalue weighted by atomic mass is 35.5. The first kappa shape index (κ1) is 16.5. The highest BCUT2D eigenvalue weighted by Gasteiger charge is 2.21. The molecule has 0 aliphatic carbocycles. The Kier molecular flexibility index (Phi) is 4.24. The van der Waals surface area contributed by atoms with Crippen LogP contribution < -0.4 is 0 Å². The lowest BCUT2D eigenvalue weighted by Crippen LogP contribution is -2.01. The number of rotatable bonds is 5. The van der Waals surface area contributed by atoms with Crippen LogP contribution in [0.2, 0.25) is 4.34 Å². The first-order valence-electron chi connectivity index (χ1n) is 6.96. The number of hydrogen-bond acceptors (Lipinski definition) is 8. The first-order chi connectivity index (χ1) is 12.0. The van der Waals surface area contributed by atoms with E-state index in [0.29, 0.717) is 15.9 Å². The zero-order valence-corrected chi connectivity index (χ0v) is 15.6. The van der Waals surface area contributed by atoms with Crippen LogP contribution in [0.1, 0.15) is 5.76 Å². The maximum Gasteiger partial charge on any atom is 0.293 e. The molecule has 0 atom stereocenters. The Morgan fingerprint density at radius 2 is 2.04 bits per heavy atom. The standard InChI is InChI=1S/C15H9ClN2O4S3/c16-12-5-6-13(24-12)25(19,20)8-9-3-4-10(21-9)15-17-14(18-22-15)11-2-1-7-23-11/h1-7H,8H2. The smallest absolute Gasteiger partial charge is 0.293 e. The lowest BCUT2D eigenvalue weighted by Gasteiger charge is -1.98. The van der Waals surface area contributed by atoms with E-state index in [9.17, 15) is 8.42 Å². The van der Waals surface area contributed by atoms with Crippen molar-refractivity contribution in [1.29, 1.82) is 0 Å². The van der Waals surface area contributed by atoms with Crippen LogP contribution >= 0.6 is 34.3 Å². The van der Waals surface area contributed by atoms with Gasteiger partial charge in [-0.05, 0) is 35.7 Å². The molecule has 4 aromatic rings. The summed E-state index contributed by atoms with van der Waals surface area (Å²) < 4.78 is 36.1. The fourth-order valence-electron chi connectivity index (χ4n) is 2.12. The molecule has 0 aromatic carbocycles. The van der Waals surface area contributed by atoms with Gasteiger partial charge in [-0.15, -0.1) is 22.7 Å². The van der Waals surface area contributed by atoms with Crippen molar-refractivity contribution in [2.24, 2.45) is 0 Å². The lowest BCUT2D eigenvalue weighted by molar-refractivity contribution is 0.413. The predicted octanol–water partition coefficient (Wildman–Crippen LogP) is 4.75. The van der Waals surface area contributed by atoms with E-state index in [-0.39, 0.29) is 21.6 Å². The van der Waals surface area contributed by atoms with Crippen molar-refractivity contribution in [1.82, 2.24) is 10.1 Å². The summed E-state index contributed by atoms with van der Waals surface area (Å²) in [5.41, 5.74) is 0. The van der Waals surface area contributed by atoms with Gasteiger partial charge in [0.15, 0.2) is 15.6 Å². The predicted molar refractivity (Wildman–Crippen MR) is 95.5 cm³/mol. The van der Waals surface area contributed by atoms with Gasteiger partial charge in [-0.1, -0.05) is 22.8 Å². The molecule has 0 saturated carbocycles. The molecule has 0 spiro atoms. The number of sulfone groups is 1. The molecule has 0 amide bonds. The van der Waals surface area contributed by atoms with Crippen LogP contribution in [0.15, 0.2) is 54.9 Å². The molecule has 0 saturated heterocycles. The molecule has 0 N–H and O–H groups in total. The van der Waals surface area contributed by atoms with E-state index in [1.165, 1.54) is 17.4 Å². The average molecular weight is 413 g/mol. The summed E-state index contributed by atoms with van der Waals surface area (Å²) in [4.78, 5) is 5.14. The van der Waals surface area contributed by atoms with Crippen molar-refractivity contribution < 1.29 is 17.4 Å². The monoisotopic (exact) mass is 412 g/mol. The normalized spacial score (nSPS) is 11.9. The fraction of sp³-hybridized carbons (Fsp3) is 0.0667. The second kappa shape index (κ2) is 6.41. The number of hydrogen-bond donors (Lipinski definition) is 0. The van der Waals surface area contributed by atoms with Crippen LogP contribution in [0.3, 0.4) is 0 Å². The summed E-state index contributed by atoms with van der Waals surface area (Å²) in [7, 11) is -3.52. The van der Waals surface area contributed by atoms with Gasteiger partial charge in [0.2, 0.25) is 5.82 Å². The maximum atomic E-state index is 12.4. The minimum atomic E-state index is -3.52. The highest BCUT2D eigenvalue weighted by molar-refractivity contribution is 7.92. The van der Waals surface area contributed by atoms with Crippen LogP contribution in [-0.2, 0) is 15.6 Å². The Bertz CT molecular complexity index is 1110. The Labute approximate surface area is 155 Å². The molecule has 0 aliphatic heterocycles. The topological polar surface area (TPSA) is 86.2 Å². The number of furan rings is 1. The molecule has 4 aromatic heterocycles. The minimum absolute atomic E-state index is 0.200. The molecule has 128 valence electrons. The van der Waals surface area contributed by atoms with E-state index in [4.69, 9.17) is 20.5 Å². The maximum absolute atomic E-state index is 12.4. The number of nitrogens with zero attached hydrogens (tertiary/aromatic N) is 2. The van der Waals surface area contributed by atoms with Gasteiger partial charge in [0.25, 0.3) is 5.89 Å². The van der Waals surface area contributed by atoms with Gasteiger partial charge in [-0.3, -0.25) is 0 Å². The Balaban J connectivity index is 1.56. The zero-order valence-electron chi connectivity index (χ0n) is 12.4. The molecule has 0 fully saturated rings. The van der Waals surface area contributed by atoms with E-state index in [1.807, 2.05) is 17.5 Å². The van der Waals surface area contributed by atoms with Gasteiger partial charge >= 0.3 is 0 Å². The molecule has 6 nitrogen and oxygen atoms in total. The molecule has 25 heavy (non-hydrogen) atoms. The van der Waals surface area contributed by atoms with Crippen LogP contribution in [-0.4, -0.2) is 18.6 Å². The quantitative estimate of drug-likeness (QED) is 0.470. The number of thiophene rings is 2. The summed E-state index contributed by atoms with van der Waals surface area (Å²) >= 11 is 8.31. The number of halogens is 1.